The summed E-state index contributed by atoms with van der Waals surface area (Å²) in [6.45, 7) is 1.13. The fourth-order valence-corrected chi connectivity index (χ4v) is 10.5. The third kappa shape index (κ3) is 13.6. The Hall–Kier alpha value is -7.10. The zero-order chi connectivity index (χ0) is 50.4. The summed E-state index contributed by atoms with van der Waals surface area (Å²) in [6, 6.07) is 13.1. The number of fused-ring (bicyclic) bond motifs is 2. The Bertz CT molecular complexity index is 2590. The van der Waals surface area contributed by atoms with E-state index in [4.69, 9.17) is 15.2 Å². The summed E-state index contributed by atoms with van der Waals surface area (Å²) in [7, 11) is 3.14. The molecular formula is C52H68N10O9. The molecule has 7 amide bonds. The highest BCUT2D eigenvalue weighted by Gasteiger charge is 2.35. The molecule has 0 bridgehead atoms. The Morgan fingerprint density at radius 3 is 1.48 bits per heavy atom. The van der Waals surface area contributed by atoms with Gasteiger partial charge in [-0.05, 0) is 86.8 Å². The number of nitriles is 1. The number of aromatic amines is 2. The number of benzene rings is 2. The van der Waals surface area contributed by atoms with E-state index in [9.17, 15) is 38.8 Å². The molecule has 4 heterocycles. The van der Waals surface area contributed by atoms with Crippen LogP contribution in [0, 0.1) is 35.0 Å². The second-order valence-corrected chi connectivity index (χ2v) is 19.4. The lowest BCUT2D eigenvalue weighted by atomic mass is 9.84. The molecule has 0 radical (unpaired) electrons. The highest BCUT2D eigenvalue weighted by Crippen LogP contribution is 2.31. The molecule has 2 saturated carbocycles. The van der Waals surface area contributed by atoms with Crippen LogP contribution >= 0.6 is 0 Å². The number of carbonyl (C=O) groups is 7. The fraction of sp³-hybridized carbons (Fsp3) is 0.538. The largest absolute Gasteiger partial charge is 0.496 e. The highest BCUT2D eigenvalue weighted by atomic mass is 16.5. The molecule has 2 aliphatic carbocycles. The molecule has 4 aromatic rings. The first-order valence-corrected chi connectivity index (χ1v) is 25.1. The second kappa shape index (κ2) is 24.6. The van der Waals surface area contributed by atoms with Gasteiger partial charge in [-0.3, -0.25) is 33.6 Å². The third-order valence-corrected chi connectivity index (χ3v) is 14.5. The van der Waals surface area contributed by atoms with Crippen molar-refractivity contribution in [3.05, 3.63) is 59.9 Å². The number of primary amides is 1. The zero-order valence-electron chi connectivity index (χ0n) is 40.7. The Kier molecular flexibility index (Phi) is 18.0. The molecule has 10 N–H and O–H groups in total. The second-order valence-electron chi connectivity index (χ2n) is 19.4. The lowest BCUT2D eigenvalue weighted by Gasteiger charge is -2.28. The van der Waals surface area contributed by atoms with E-state index in [0.717, 1.165) is 73.2 Å². The molecule has 0 unspecified atom stereocenters. The molecule has 2 aromatic heterocycles. The summed E-state index contributed by atoms with van der Waals surface area (Å²) in [5, 5.41) is 27.9. The van der Waals surface area contributed by atoms with E-state index in [1.54, 1.807) is 26.4 Å². The van der Waals surface area contributed by atoms with Crippen LogP contribution in [0.5, 0.6) is 11.5 Å². The molecule has 4 aliphatic rings. The number of methoxy groups -OCH3 is 2. The predicted molar refractivity (Wildman–Crippen MR) is 265 cm³/mol. The molecule has 19 nitrogen and oxygen atoms in total. The van der Waals surface area contributed by atoms with Gasteiger partial charge in [0, 0.05) is 46.7 Å². The van der Waals surface area contributed by atoms with Crippen LogP contribution in [0.2, 0.25) is 0 Å². The summed E-state index contributed by atoms with van der Waals surface area (Å²) < 4.78 is 10.8. The number of H-pyrrole nitrogens is 2. The van der Waals surface area contributed by atoms with Gasteiger partial charge in [-0.15, -0.1) is 0 Å². The van der Waals surface area contributed by atoms with Crippen molar-refractivity contribution < 1.29 is 43.0 Å². The van der Waals surface area contributed by atoms with Crippen molar-refractivity contribution in [2.75, 3.05) is 27.3 Å². The minimum absolute atomic E-state index is 0.0826. The average molecular weight is 977 g/mol. The van der Waals surface area contributed by atoms with Gasteiger partial charge >= 0.3 is 0 Å². The van der Waals surface area contributed by atoms with Gasteiger partial charge < -0.3 is 57.1 Å². The quantitative estimate of drug-likeness (QED) is 0.0633. The van der Waals surface area contributed by atoms with E-state index in [1.807, 2.05) is 36.4 Å². The van der Waals surface area contributed by atoms with Crippen LogP contribution in [0.25, 0.3) is 21.8 Å². The number of rotatable bonds is 19. The molecule has 2 saturated heterocycles. The molecule has 380 valence electrons. The van der Waals surface area contributed by atoms with Gasteiger partial charge in [0.2, 0.25) is 29.5 Å². The lowest BCUT2D eigenvalue weighted by molar-refractivity contribution is -0.130. The number of amides is 7. The maximum absolute atomic E-state index is 13.4. The van der Waals surface area contributed by atoms with Crippen molar-refractivity contribution in [1.82, 2.24) is 41.9 Å². The molecule has 0 spiro atoms. The van der Waals surface area contributed by atoms with Crippen LogP contribution in [0.1, 0.15) is 124 Å². The molecule has 8 rings (SSSR count). The number of hydrogen-bond acceptors (Lipinski definition) is 10. The number of ether oxygens (including phenoxy) is 2. The van der Waals surface area contributed by atoms with Crippen LogP contribution in [-0.4, -0.2) is 103 Å². The number of nitrogens with two attached hydrogens (primary N) is 1. The highest BCUT2D eigenvalue weighted by molar-refractivity contribution is 6.03. The molecule has 19 heteroatoms. The van der Waals surface area contributed by atoms with E-state index >= 15 is 0 Å². The number of aromatic nitrogens is 2. The molecular weight excluding hydrogens is 909 g/mol. The van der Waals surface area contributed by atoms with Gasteiger partial charge in [-0.25, -0.2) is 0 Å². The van der Waals surface area contributed by atoms with Crippen LogP contribution < -0.4 is 47.1 Å². The smallest absolute Gasteiger partial charge is 0.268 e. The standard InChI is InChI=1S/C26H35N5O5.C26H33N5O4/c1-36-22-9-5-8-18-17(22)14-21(29-18)26(35)31-20(12-15-6-3-2-4-7-15)25(34)30-19(23(27)32)13-16-10-11-28-24(16)33;1-35-23-9-5-8-20-19(23)14-22(30-20)26(34)31-21(12-16-6-3-2-4-7-16)25(33)29-18(15-27)13-17-10-11-28-24(17)32/h5,8-9,14-16,19-20,29H,2-4,6-7,10-13H2,1H3,(H2,27,32)(H,28,33)(H,30,34)(H,31,35);5,8-9,14,16-18,21,30H,2-4,6-7,10-13H2,1H3,(H,28,32)(H,29,33)(H,31,34)/t16-,19-,20-;17-,18-,21-/m00/s1. The third-order valence-electron chi connectivity index (χ3n) is 14.5. The molecule has 6 atom stereocenters. The predicted octanol–water partition coefficient (Wildman–Crippen LogP) is 4.52. The Morgan fingerprint density at radius 1 is 0.620 bits per heavy atom. The van der Waals surface area contributed by atoms with Crippen LogP contribution in [0.15, 0.2) is 48.5 Å². The van der Waals surface area contributed by atoms with Gasteiger partial charge in [-0.1, -0.05) is 76.3 Å². The fourth-order valence-electron chi connectivity index (χ4n) is 10.5. The van der Waals surface area contributed by atoms with E-state index < -0.39 is 41.9 Å². The first kappa shape index (κ1) is 51.7. The van der Waals surface area contributed by atoms with Crippen molar-refractivity contribution in [2.45, 2.75) is 127 Å². The number of nitrogens with zero attached hydrogens (tertiary/aromatic N) is 1. The monoisotopic (exact) mass is 977 g/mol. The minimum Gasteiger partial charge on any atom is -0.496 e. The van der Waals surface area contributed by atoms with Crippen LogP contribution in [0.3, 0.4) is 0 Å². The van der Waals surface area contributed by atoms with Crippen molar-refractivity contribution in [2.24, 2.45) is 29.4 Å². The molecule has 71 heavy (non-hydrogen) atoms. The Morgan fingerprint density at radius 2 is 1.07 bits per heavy atom. The van der Waals surface area contributed by atoms with Gasteiger partial charge in [0.1, 0.15) is 47.1 Å². The summed E-state index contributed by atoms with van der Waals surface area (Å²) in [5.41, 5.74) is 7.73. The average Bonchev–Trinajstić information content (AvgIpc) is 4.21. The van der Waals surface area contributed by atoms with Gasteiger partial charge in [0.25, 0.3) is 11.8 Å². The van der Waals surface area contributed by atoms with Crippen molar-refractivity contribution in [3.63, 3.8) is 0 Å². The molecule has 4 fully saturated rings. The zero-order valence-corrected chi connectivity index (χ0v) is 40.7. The van der Waals surface area contributed by atoms with Gasteiger partial charge in [-0.2, -0.15) is 5.26 Å². The SMILES string of the molecule is COc1cccc2[nH]c(C(=O)N[C@@H](CC3CCCCC3)C(=O)N[C@@H](C[C@@H]3CCNC3=O)C(N)=O)cc12.COc1cccc2[nH]c(C(=O)N[C@@H](CC3CCCCC3)C(=O)N[C@H](C#N)C[C@@H]3CCNC3=O)cc12. The molecule has 2 aliphatic heterocycles. The first-order chi connectivity index (χ1) is 34.3. The lowest BCUT2D eigenvalue weighted by Crippen LogP contribution is -2.54. The maximum atomic E-state index is 13.4. The minimum atomic E-state index is -0.991. The van der Waals surface area contributed by atoms with Crippen molar-refractivity contribution in [1.29, 1.82) is 5.26 Å². The number of nitrogens with one attached hydrogen (secondary N) is 8. The van der Waals surface area contributed by atoms with E-state index in [-0.39, 0.29) is 48.3 Å². The Balaban J connectivity index is 0.000000209. The van der Waals surface area contributed by atoms with E-state index in [0.29, 0.717) is 73.5 Å². The first-order valence-electron chi connectivity index (χ1n) is 25.1. The van der Waals surface area contributed by atoms with Crippen LogP contribution in [0.4, 0.5) is 0 Å². The van der Waals surface area contributed by atoms with Crippen LogP contribution in [-0.2, 0) is 24.0 Å². The van der Waals surface area contributed by atoms with Gasteiger partial charge in [0.15, 0.2) is 0 Å². The normalized spacial score (nSPS) is 20.0. The van der Waals surface area contributed by atoms with Crippen molar-refractivity contribution >= 4 is 63.2 Å². The van der Waals surface area contributed by atoms with E-state index in [2.05, 4.69) is 47.9 Å². The summed E-state index contributed by atoms with van der Waals surface area (Å²) in [4.78, 5) is 95.2. The number of hydrogen-bond donors (Lipinski definition) is 9. The maximum Gasteiger partial charge on any atom is 0.268 e. The topological polar surface area (TPSA) is 292 Å². The van der Waals surface area contributed by atoms with Gasteiger partial charge in [0.05, 0.1) is 20.3 Å². The van der Waals surface area contributed by atoms with E-state index in [1.165, 1.54) is 12.8 Å². The summed E-state index contributed by atoms with van der Waals surface area (Å²) >= 11 is 0. The molecule has 2 aromatic carbocycles. The van der Waals surface area contributed by atoms with Crippen molar-refractivity contribution in [3.8, 4) is 17.6 Å². The Labute approximate surface area is 413 Å². The summed E-state index contributed by atoms with van der Waals surface area (Å²) in [5.74, 6) is -1.32. The summed E-state index contributed by atoms with van der Waals surface area (Å²) in [6.07, 6.45) is 13.4. The number of carbonyl (C=O) groups excluding carboxylic acids is 7.